The van der Waals surface area contributed by atoms with Crippen molar-refractivity contribution in [1.82, 2.24) is 14.7 Å². The molecule has 15 heteroatoms. The Kier molecular flexibility index (Phi) is 17.9. The molecule has 0 unspecified atom stereocenters. The van der Waals surface area contributed by atoms with Crippen molar-refractivity contribution >= 4 is 28.5 Å². The van der Waals surface area contributed by atoms with Crippen LogP contribution in [0.25, 0.3) is 10.8 Å². The summed E-state index contributed by atoms with van der Waals surface area (Å²) in [5.41, 5.74) is -2.90. The van der Waals surface area contributed by atoms with Crippen molar-refractivity contribution in [3.8, 4) is 6.07 Å². The predicted octanol–water partition coefficient (Wildman–Crippen LogP) is 4.34. The van der Waals surface area contributed by atoms with E-state index in [1.807, 2.05) is 80.2 Å². The maximum Gasteiger partial charge on any atom is 0.321 e. The lowest BCUT2D eigenvalue weighted by Crippen LogP contribution is -2.59. The molecule has 2 aromatic rings. The van der Waals surface area contributed by atoms with Crippen molar-refractivity contribution in [2.45, 2.75) is 154 Å². The molecule has 2 heterocycles. The third kappa shape index (κ3) is 12.4. The van der Waals surface area contributed by atoms with Gasteiger partial charge in [0.2, 0.25) is 0 Å². The molecule has 0 aliphatic carbocycles. The number of amides is 2. The minimum Gasteiger partial charge on any atom is -0.459 e. The zero-order chi connectivity index (χ0) is 45.4. The van der Waals surface area contributed by atoms with Crippen LogP contribution in [-0.4, -0.2) is 159 Å². The molecule has 2 saturated heterocycles. The van der Waals surface area contributed by atoms with Crippen molar-refractivity contribution in [1.29, 1.82) is 5.26 Å². The Hall–Kier alpha value is -3.43. The summed E-state index contributed by atoms with van der Waals surface area (Å²) in [5.74, 6) is -3.06. The van der Waals surface area contributed by atoms with E-state index in [1.165, 1.54) is 13.8 Å². The van der Waals surface area contributed by atoms with Crippen LogP contribution < -0.4 is 5.32 Å². The summed E-state index contributed by atoms with van der Waals surface area (Å²) >= 11 is 0. The number of likely N-dealkylation sites (N-methyl/N-ethyl adjacent to an activating group) is 1. The molecule has 0 radical (unpaired) electrons. The molecule has 0 spiro atoms. The minimum absolute atomic E-state index is 0.126. The van der Waals surface area contributed by atoms with Crippen molar-refractivity contribution in [2.75, 3.05) is 45.6 Å². The molecule has 2 amide bonds. The number of ether oxygens (including phenoxy) is 3. The van der Waals surface area contributed by atoms with E-state index < -0.39 is 71.9 Å². The number of nitrogens with zero attached hydrogens (tertiary/aromatic N) is 4. The first-order valence-corrected chi connectivity index (χ1v) is 22.0. The molecule has 14 atom stereocenters. The van der Waals surface area contributed by atoms with Crippen LogP contribution in [0.3, 0.4) is 0 Å². The molecule has 2 aliphatic rings. The van der Waals surface area contributed by atoms with Gasteiger partial charge in [-0.1, -0.05) is 57.2 Å². The highest BCUT2D eigenvalue weighted by atomic mass is 16.7. The molecule has 2 fully saturated rings. The third-order valence-electron chi connectivity index (χ3n) is 13.0. The number of hydrogen-bond donors (Lipinski definition) is 6. The number of carbonyl (C=O) groups is 2. The Bertz CT molecular complexity index is 1770. The fourth-order valence-corrected chi connectivity index (χ4v) is 9.39. The van der Waals surface area contributed by atoms with Gasteiger partial charge in [0.25, 0.3) is 0 Å². The van der Waals surface area contributed by atoms with E-state index in [0.717, 1.165) is 10.8 Å². The van der Waals surface area contributed by atoms with Gasteiger partial charge in [0.05, 0.1) is 48.0 Å². The van der Waals surface area contributed by atoms with Crippen LogP contribution in [0, 0.1) is 29.1 Å². The fraction of sp³-hybridized carbons (Fsp3) is 0.717. The maximum absolute atomic E-state index is 13.7. The summed E-state index contributed by atoms with van der Waals surface area (Å²) < 4.78 is 18.5. The topological polar surface area (TPSA) is 209 Å². The summed E-state index contributed by atoms with van der Waals surface area (Å²) in [7, 11) is 3.72. The van der Waals surface area contributed by atoms with E-state index >= 15 is 0 Å². The van der Waals surface area contributed by atoms with Gasteiger partial charge in [-0.15, -0.1) is 0 Å². The first-order valence-electron chi connectivity index (χ1n) is 22.0. The number of anilines is 1. The van der Waals surface area contributed by atoms with E-state index in [2.05, 4.69) is 11.4 Å². The van der Waals surface area contributed by atoms with Gasteiger partial charge in [-0.2, -0.15) is 5.26 Å². The largest absolute Gasteiger partial charge is 0.459 e. The number of rotatable bonds is 11. The maximum atomic E-state index is 13.7. The number of esters is 1. The summed E-state index contributed by atoms with van der Waals surface area (Å²) in [4.78, 5) is 33.0. The molecule has 2 aromatic carbocycles. The van der Waals surface area contributed by atoms with Crippen LogP contribution in [0.5, 0.6) is 0 Å². The van der Waals surface area contributed by atoms with Crippen molar-refractivity contribution in [3.05, 3.63) is 42.5 Å². The van der Waals surface area contributed by atoms with Crippen molar-refractivity contribution in [3.63, 3.8) is 0 Å². The lowest BCUT2D eigenvalue weighted by atomic mass is 9.78. The van der Waals surface area contributed by atoms with Crippen LogP contribution >= 0.6 is 0 Å². The number of hydrogen-bond acceptors (Lipinski definition) is 13. The lowest BCUT2D eigenvalue weighted by Gasteiger charge is -2.46. The van der Waals surface area contributed by atoms with Crippen molar-refractivity contribution < 1.29 is 49.3 Å². The second-order valence-corrected chi connectivity index (χ2v) is 18.4. The van der Waals surface area contributed by atoms with Crippen LogP contribution in [-0.2, 0) is 19.0 Å². The second kappa shape index (κ2) is 21.8. The van der Waals surface area contributed by atoms with Crippen molar-refractivity contribution in [2.24, 2.45) is 17.8 Å². The van der Waals surface area contributed by atoms with Crippen LogP contribution in [0.15, 0.2) is 42.5 Å². The minimum atomic E-state index is -1.91. The summed E-state index contributed by atoms with van der Waals surface area (Å²) in [5, 5.41) is 73.8. The number of nitrogens with one attached hydrogen (secondary N) is 1. The highest BCUT2D eigenvalue weighted by Gasteiger charge is 2.50. The van der Waals surface area contributed by atoms with Crippen LogP contribution in [0.2, 0.25) is 0 Å². The monoisotopic (exact) mass is 856 g/mol. The first kappa shape index (κ1) is 50.2. The number of fused-ring (bicyclic) bond motifs is 1. The second-order valence-electron chi connectivity index (χ2n) is 18.4. The molecule has 0 saturated carbocycles. The molecule has 2 aliphatic heterocycles. The normalized spacial score (nSPS) is 36.1. The summed E-state index contributed by atoms with van der Waals surface area (Å²) in [6.45, 7) is 14.7. The van der Waals surface area contributed by atoms with E-state index in [0.29, 0.717) is 31.6 Å². The standard InChI is InChI=1S/C46H73N5O10/c1-11-37-46(8,58)40(54)32(6)51(24-16-23-50(22-15-21-47)44(56)48-35-20-14-18-33-17-12-13-19-34(33)35)27-28(2)26-45(7,57)41(30(4)38(52)31(5)42(55)60-37)61-43-39(53)36(49(9)10)25-29(3)59-43/h12-14,17-20,28-32,36-41,43,52-54,57-58H,11,15-16,22-27H2,1-10H3,(H,48,56)/t28-,29-,30+,31-,32-,36+,37-,38+,39-,40-,41-,43+,45-,46-/m1/s1. The highest BCUT2D eigenvalue weighted by molar-refractivity contribution is 6.01. The highest BCUT2D eigenvalue weighted by Crippen LogP contribution is 2.37. The lowest BCUT2D eigenvalue weighted by molar-refractivity contribution is -0.299. The van der Waals surface area contributed by atoms with E-state index in [4.69, 9.17) is 14.2 Å². The Balaban J connectivity index is 1.65. The van der Waals surface area contributed by atoms with E-state index in [1.54, 1.807) is 32.6 Å². The molecular formula is C46H73N5O10. The van der Waals surface area contributed by atoms with Crippen LogP contribution in [0.1, 0.15) is 87.5 Å². The van der Waals surface area contributed by atoms with Gasteiger partial charge in [0.15, 0.2) is 6.29 Å². The summed E-state index contributed by atoms with van der Waals surface area (Å²) in [6, 6.07) is 14.2. The fourth-order valence-electron chi connectivity index (χ4n) is 9.39. The molecule has 342 valence electrons. The van der Waals surface area contributed by atoms with E-state index in [-0.39, 0.29) is 56.4 Å². The summed E-state index contributed by atoms with van der Waals surface area (Å²) in [6.07, 6.45) is -6.15. The number of benzene rings is 2. The van der Waals surface area contributed by atoms with Gasteiger partial charge in [-0.05, 0) is 91.8 Å². The number of nitriles is 1. The Morgan fingerprint density at radius 2 is 1.69 bits per heavy atom. The quantitative estimate of drug-likeness (QED) is 0.174. The zero-order valence-electron chi connectivity index (χ0n) is 37.9. The average Bonchev–Trinajstić information content (AvgIpc) is 3.21. The first-order chi connectivity index (χ1) is 28.6. The number of aliphatic hydroxyl groups excluding tert-OH is 3. The van der Waals surface area contributed by atoms with Gasteiger partial charge in [-0.25, -0.2) is 4.79 Å². The zero-order valence-corrected chi connectivity index (χ0v) is 37.9. The molecule has 0 aromatic heterocycles. The molecular weight excluding hydrogens is 783 g/mol. The number of carbonyl (C=O) groups excluding carboxylic acids is 2. The van der Waals surface area contributed by atoms with Gasteiger partial charge in [-0.3, -0.25) is 9.69 Å². The Labute approximate surface area is 362 Å². The molecule has 15 nitrogen and oxygen atoms in total. The number of aliphatic hydroxyl groups is 5. The van der Waals surface area contributed by atoms with Gasteiger partial charge in [0.1, 0.15) is 23.9 Å². The smallest absolute Gasteiger partial charge is 0.321 e. The third-order valence-corrected chi connectivity index (χ3v) is 13.0. The van der Waals surface area contributed by atoms with Crippen LogP contribution in [0.4, 0.5) is 10.5 Å². The van der Waals surface area contributed by atoms with E-state index in [9.17, 15) is 40.4 Å². The molecule has 0 bridgehead atoms. The van der Waals surface area contributed by atoms with Gasteiger partial charge >= 0.3 is 12.0 Å². The number of cyclic esters (lactones) is 1. The Morgan fingerprint density at radius 1 is 1.02 bits per heavy atom. The molecule has 61 heavy (non-hydrogen) atoms. The molecule has 6 N–H and O–H groups in total. The predicted molar refractivity (Wildman–Crippen MR) is 233 cm³/mol. The Morgan fingerprint density at radius 3 is 2.34 bits per heavy atom. The molecule has 4 rings (SSSR count). The number of urea groups is 1. The average molecular weight is 856 g/mol. The van der Waals surface area contributed by atoms with Gasteiger partial charge < -0.3 is 54.9 Å². The SMILES string of the molecule is CC[C@H]1OC(=O)[C@H](C)[C@@H](O)[C@H](C)[C@@H](O[C@@H]2O[C@H](C)C[C@H](N(C)C)[C@H]2O)[C@](C)(O)C[C@@H](C)CN(CCCN(CCC#N)C(=O)Nc2cccc3ccccc23)[C@H](C)[C@@H](O)[C@]1(C)O. The van der Waals surface area contributed by atoms with Gasteiger partial charge in [0, 0.05) is 49.6 Å².